The van der Waals surface area contributed by atoms with Crippen LogP contribution in [-0.2, 0) is 9.47 Å². The third-order valence-electron chi connectivity index (χ3n) is 3.78. The van der Waals surface area contributed by atoms with Crippen molar-refractivity contribution in [3.8, 4) is 0 Å². The number of amides is 2. The van der Waals surface area contributed by atoms with Gasteiger partial charge in [0.1, 0.15) is 17.3 Å². The molecule has 1 saturated heterocycles. The highest BCUT2D eigenvalue weighted by Gasteiger charge is 2.23. The maximum atomic E-state index is 12.2. The van der Waals surface area contributed by atoms with Gasteiger partial charge in [-0.3, -0.25) is 4.79 Å². The van der Waals surface area contributed by atoms with E-state index in [0.29, 0.717) is 63.3 Å². The van der Waals surface area contributed by atoms with Gasteiger partial charge in [0.25, 0.3) is 5.91 Å². The Kier molecular flexibility index (Phi) is 6.93. The molecule has 0 saturated carbocycles. The van der Waals surface area contributed by atoms with E-state index in [0.717, 1.165) is 0 Å². The lowest BCUT2D eigenvalue weighted by molar-refractivity contribution is 0.0931. The molecule has 0 atom stereocenters. The molecule has 0 aliphatic carbocycles. The number of aryl methyl sites for hydroxylation is 1. The molecular weight excluding hydrogens is 326 g/mol. The minimum Gasteiger partial charge on any atom is -0.450 e. The molecule has 0 unspecified atom stereocenters. The number of aromatic nitrogens is 2. The zero-order valence-electron chi connectivity index (χ0n) is 14.9. The number of piperazine rings is 1. The number of ether oxygens (including phenoxy) is 2. The average Bonchev–Trinajstić information content (AvgIpc) is 2.61. The molecule has 1 aromatic heterocycles. The number of methoxy groups -OCH3 is 1. The SMILES string of the molecule is CCOC(=O)N1CCN(c2cc(C(=O)NCCOC)nc(C)n2)CC1. The number of carbonyl (C=O) groups is 2. The van der Waals surface area contributed by atoms with E-state index in [1.54, 1.807) is 31.9 Å². The van der Waals surface area contributed by atoms with Gasteiger partial charge in [-0.05, 0) is 13.8 Å². The van der Waals surface area contributed by atoms with Gasteiger partial charge in [0.2, 0.25) is 0 Å². The Morgan fingerprint density at radius 1 is 1.24 bits per heavy atom. The van der Waals surface area contributed by atoms with Gasteiger partial charge in [-0.25, -0.2) is 14.8 Å². The summed E-state index contributed by atoms with van der Waals surface area (Å²) in [6.07, 6.45) is -0.292. The fourth-order valence-corrected chi connectivity index (χ4v) is 2.52. The normalized spacial score (nSPS) is 14.4. The van der Waals surface area contributed by atoms with Gasteiger partial charge in [0, 0.05) is 45.9 Å². The Hall–Kier alpha value is -2.42. The molecule has 1 aliphatic heterocycles. The molecule has 1 N–H and O–H groups in total. The molecule has 1 aliphatic rings. The first-order valence-corrected chi connectivity index (χ1v) is 8.34. The van der Waals surface area contributed by atoms with Gasteiger partial charge >= 0.3 is 6.09 Å². The Bertz CT molecular complexity index is 602. The highest BCUT2D eigenvalue weighted by molar-refractivity contribution is 5.92. The van der Waals surface area contributed by atoms with Crippen LogP contribution in [0.2, 0.25) is 0 Å². The lowest BCUT2D eigenvalue weighted by Crippen LogP contribution is -2.49. The van der Waals surface area contributed by atoms with E-state index in [9.17, 15) is 9.59 Å². The van der Waals surface area contributed by atoms with Crippen molar-refractivity contribution in [2.75, 3.05) is 57.9 Å². The lowest BCUT2D eigenvalue weighted by Gasteiger charge is -2.34. The van der Waals surface area contributed by atoms with Gasteiger partial charge in [0.15, 0.2) is 0 Å². The summed E-state index contributed by atoms with van der Waals surface area (Å²) in [7, 11) is 1.58. The Morgan fingerprint density at radius 2 is 1.96 bits per heavy atom. The van der Waals surface area contributed by atoms with Gasteiger partial charge < -0.3 is 24.6 Å². The maximum Gasteiger partial charge on any atom is 0.409 e. The number of nitrogens with one attached hydrogen (secondary N) is 1. The van der Waals surface area contributed by atoms with E-state index in [1.165, 1.54) is 0 Å². The van der Waals surface area contributed by atoms with Crippen molar-refractivity contribution in [1.29, 1.82) is 0 Å². The summed E-state index contributed by atoms with van der Waals surface area (Å²) in [5, 5.41) is 2.75. The Labute approximate surface area is 147 Å². The van der Waals surface area contributed by atoms with E-state index < -0.39 is 0 Å². The summed E-state index contributed by atoms with van der Waals surface area (Å²) in [6, 6.07) is 1.68. The predicted octanol–water partition coefficient (Wildman–Crippen LogP) is 0.440. The summed E-state index contributed by atoms with van der Waals surface area (Å²) in [5.41, 5.74) is 0.325. The smallest absolute Gasteiger partial charge is 0.409 e. The van der Waals surface area contributed by atoms with Crippen LogP contribution in [0.3, 0.4) is 0 Å². The molecule has 1 aromatic rings. The molecule has 0 bridgehead atoms. The average molecular weight is 351 g/mol. The molecule has 2 heterocycles. The molecule has 2 rings (SSSR count). The molecule has 1 fully saturated rings. The van der Waals surface area contributed by atoms with Crippen LogP contribution >= 0.6 is 0 Å². The Morgan fingerprint density at radius 3 is 2.60 bits per heavy atom. The summed E-state index contributed by atoms with van der Waals surface area (Å²) < 4.78 is 9.94. The van der Waals surface area contributed by atoms with Gasteiger partial charge in [-0.1, -0.05) is 0 Å². The summed E-state index contributed by atoms with van der Waals surface area (Å²) >= 11 is 0. The monoisotopic (exact) mass is 351 g/mol. The lowest BCUT2D eigenvalue weighted by atomic mass is 10.3. The first-order chi connectivity index (χ1) is 12.0. The predicted molar refractivity (Wildman–Crippen MR) is 91.8 cm³/mol. The van der Waals surface area contributed by atoms with Crippen LogP contribution < -0.4 is 10.2 Å². The zero-order chi connectivity index (χ0) is 18.2. The fourth-order valence-electron chi connectivity index (χ4n) is 2.52. The third kappa shape index (κ3) is 5.28. The van der Waals surface area contributed by atoms with Crippen LogP contribution in [0.1, 0.15) is 23.2 Å². The van der Waals surface area contributed by atoms with Crippen molar-refractivity contribution >= 4 is 17.8 Å². The first-order valence-electron chi connectivity index (χ1n) is 8.34. The Balaban J connectivity index is 2.00. The van der Waals surface area contributed by atoms with Crippen LogP contribution in [0.25, 0.3) is 0 Å². The van der Waals surface area contributed by atoms with E-state index in [-0.39, 0.29) is 12.0 Å². The summed E-state index contributed by atoms with van der Waals surface area (Å²) in [4.78, 5) is 36.3. The summed E-state index contributed by atoms with van der Waals surface area (Å²) in [6.45, 7) is 7.13. The minimum atomic E-state index is -0.292. The van der Waals surface area contributed by atoms with Crippen molar-refractivity contribution in [3.63, 3.8) is 0 Å². The minimum absolute atomic E-state index is 0.256. The molecule has 0 spiro atoms. The molecule has 0 radical (unpaired) electrons. The molecule has 9 nitrogen and oxygen atoms in total. The van der Waals surface area contributed by atoms with Gasteiger partial charge in [0.05, 0.1) is 13.2 Å². The first kappa shape index (κ1) is 18.9. The van der Waals surface area contributed by atoms with E-state index in [4.69, 9.17) is 9.47 Å². The largest absolute Gasteiger partial charge is 0.450 e. The van der Waals surface area contributed by atoms with Crippen molar-refractivity contribution in [3.05, 3.63) is 17.6 Å². The van der Waals surface area contributed by atoms with E-state index >= 15 is 0 Å². The second kappa shape index (κ2) is 9.16. The second-order valence-corrected chi connectivity index (χ2v) is 5.58. The van der Waals surface area contributed by atoms with Gasteiger partial charge in [-0.2, -0.15) is 0 Å². The standard InChI is InChI=1S/C16H25N5O4/c1-4-25-16(23)21-8-6-20(7-9-21)14-11-13(18-12(2)19-14)15(22)17-5-10-24-3/h11H,4-10H2,1-3H3,(H,17,22). The molecule has 138 valence electrons. The molecule has 25 heavy (non-hydrogen) atoms. The maximum absolute atomic E-state index is 12.2. The number of hydrogen-bond donors (Lipinski definition) is 1. The molecular formula is C16H25N5O4. The van der Waals surface area contributed by atoms with Crippen molar-refractivity contribution in [2.24, 2.45) is 0 Å². The van der Waals surface area contributed by atoms with Crippen LogP contribution in [0.5, 0.6) is 0 Å². The van der Waals surface area contributed by atoms with Crippen LogP contribution in [0.15, 0.2) is 6.07 Å². The molecule has 2 amide bonds. The quantitative estimate of drug-likeness (QED) is 0.743. The van der Waals surface area contributed by atoms with Crippen LogP contribution in [0.4, 0.5) is 10.6 Å². The zero-order valence-corrected chi connectivity index (χ0v) is 14.9. The number of hydrogen-bond acceptors (Lipinski definition) is 7. The highest BCUT2D eigenvalue weighted by Crippen LogP contribution is 2.16. The second-order valence-electron chi connectivity index (χ2n) is 5.58. The highest BCUT2D eigenvalue weighted by atomic mass is 16.6. The van der Waals surface area contributed by atoms with Crippen LogP contribution in [0, 0.1) is 6.92 Å². The number of anilines is 1. The van der Waals surface area contributed by atoms with Gasteiger partial charge in [-0.15, -0.1) is 0 Å². The van der Waals surface area contributed by atoms with E-state index in [1.807, 2.05) is 4.90 Å². The summed E-state index contributed by atoms with van der Waals surface area (Å²) in [5.74, 6) is 0.962. The number of nitrogens with zero attached hydrogens (tertiary/aromatic N) is 4. The fraction of sp³-hybridized carbons (Fsp3) is 0.625. The topological polar surface area (TPSA) is 96.9 Å². The van der Waals surface area contributed by atoms with Crippen LogP contribution in [-0.4, -0.2) is 79.9 Å². The number of rotatable bonds is 6. The molecule has 0 aromatic carbocycles. The number of carbonyl (C=O) groups excluding carboxylic acids is 2. The third-order valence-corrected chi connectivity index (χ3v) is 3.78. The molecule has 9 heteroatoms. The van der Waals surface area contributed by atoms with Crippen molar-refractivity contribution < 1.29 is 19.1 Å². The van der Waals surface area contributed by atoms with Crippen molar-refractivity contribution in [1.82, 2.24) is 20.2 Å². The van der Waals surface area contributed by atoms with E-state index in [2.05, 4.69) is 15.3 Å². The van der Waals surface area contributed by atoms with Crippen molar-refractivity contribution in [2.45, 2.75) is 13.8 Å².